The number of rotatable bonds is 16. The SMILES string of the molecule is CC(C)CC(N)C(=O)NCC(=O)NC(CCC(N)=O)C(=O)NC(CCCN=C(N)N)C(=O)O. The summed E-state index contributed by atoms with van der Waals surface area (Å²) < 4.78 is 0. The summed E-state index contributed by atoms with van der Waals surface area (Å²) in [5.74, 6) is -4.02. The van der Waals surface area contributed by atoms with Gasteiger partial charge >= 0.3 is 5.97 Å². The van der Waals surface area contributed by atoms with Crippen molar-refractivity contribution in [3.05, 3.63) is 0 Å². The second-order valence-electron chi connectivity index (χ2n) is 7.93. The van der Waals surface area contributed by atoms with E-state index in [9.17, 15) is 29.1 Å². The molecule has 0 aromatic carbocycles. The first kappa shape index (κ1) is 29.6. The average Bonchev–Trinajstić information content (AvgIpc) is 2.70. The van der Waals surface area contributed by atoms with E-state index in [0.717, 1.165) is 0 Å². The lowest BCUT2D eigenvalue weighted by Crippen LogP contribution is -2.54. The fourth-order valence-corrected chi connectivity index (χ4v) is 2.75. The van der Waals surface area contributed by atoms with Gasteiger partial charge in [0.15, 0.2) is 5.96 Å². The molecule has 33 heavy (non-hydrogen) atoms. The zero-order valence-electron chi connectivity index (χ0n) is 19.0. The number of nitrogens with zero attached hydrogens (tertiary/aromatic N) is 1. The number of carboxylic acid groups (broad SMARTS) is 1. The van der Waals surface area contributed by atoms with Gasteiger partial charge in [-0.15, -0.1) is 0 Å². The van der Waals surface area contributed by atoms with Crippen molar-refractivity contribution in [2.24, 2.45) is 33.8 Å². The lowest BCUT2D eigenvalue weighted by Gasteiger charge is -2.21. The Kier molecular flexibility index (Phi) is 13.8. The Bertz CT molecular complexity index is 723. The normalized spacial score (nSPS) is 13.3. The van der Waals surface area contributed by atoms with Crippen LogP contribution in [0, 0.1) is 5.92 Å². The summed E-state index contributed by atoms with van der Waals surface area (Å²) >= 11 is 0. The van der Waals surface area contributed by atoms with Gasteiger partial charge in [0.2, 0.25) is 23.6 Å². The number of amides is 4. The van der Waals surface area contributed by atoms with Gasteiger partial charge in [0.1, 0.15) is 12.1 Å². The molecule has 0 aliphatic carbocycles. The molecule has 0 bridgehead atoms. The summed E-state index contributed by atoms with van der Waals surface area (Å²) in [5.41, 5.74) is 21.3. The van der Waals surface area contributed by atoms with Gasteiger partial charge < -0.3 is 44.0 Å². The quantitative estimate of drug-likeness (QED) is 0.0639. The lowest BCUT2D eigenvalue weighted by atomic mass is 10.0. The highest BCUT2D eigenvalue weighted by atomic mass is 16.4. The van der Waals surface area contributed by atoms with Crippen molar-refractivity contribution in [2.75, 3.05) is 13.1 Å². The zero-order valence-corrected chi connectivity index (χ0v) is 19.0. The third-order valence-corrected chi connectivity index (χ3v) is 4.38. The number of guanidine groups is 1. The Hall–Kier alpha value is -3.42. The maximum absolute atomic E-state index is 12.6. The molecule has 4 amide bonds. The van der Waals surface area contributed by atoms with E-state index < -0.39 is 54.3 Å². The predicted octanol–water partition coefficient (Wildman–Crippen LogP) is -3.15. The van der Waals surface area contributed by atoms with Gasteiger partial charge in [-0.2, -0.15) is 0 Å². The number of carbonyl (C=O) groups is 5. The number of aliphatic imine (C=N–C) groups is 1. The molecule has 14 heteroatoms. The zero-order chi connectivity index (χ0) is 25.6. The molecule has 12 N–H and O–H groups in total. The summed E-state index contributed by atoms with van der Waals surface area (Å²) in [5, 5.41) is 16.4. The van der Waals surface area contributed by atoms with Crippen molar-refractivity contribution in [3.8, 4) is 0 Å². The number of nitrogens with two attached hydrogens (primary N) is 4. The first-order valence-electron chi connectivity index (χ1n) is 10.5. The second kappa shape index (κ2) is 15.4. The molecule has 0 aliphatic rings. The van der Waals surface area contributed by atoms with Gasteiger partial charge in [0.25, 0.3) is 0 Å². The van der Waals surface area contributed by atoms with Crippen LogP contribution in [0.2, 0.25) is 0 Å². The molecule has 0 aromatic heterocycles. The van der Waals surface area contributed by atoms with E-state index in [4.69, 9.17) is 22.9 Å². The largest absolute Gasteiger partial charge is 0.480 e. The smallest absolute Gasteiger partial charge is 0.326 e. The Balaban J connectivity index is 4.99. The number of nitrogens with one attached hydrogen (secondary N) is 3. The topological polar surface area (TPSA) is 258 Å². The maximum atomic E-state index is 12.6. The van der Waals surface area contributed by atoms with E-state index in [-0.39, 0.29) is 44.1 Å². The third kappa shape index (κ3) is 14.3. The molecule has 14 nitrogen and oxygen atoms in total. The monoisotopic (exact) mass is 472 g/mol. The van der Waals surface area contributed by atoms with Gasteiger partial charge in [0.05, 0.1) is 12.6 Å². The number of carbonyl (C=O) groups excluding carboxylic acids is 4. The van der Waals surface area contributed by atoms with E-state index in [1.165, 1.54) is 0 Å². The van der Waals surface area contributed by atoms with Crippen molar-refractivity contribution < 1.29 is 29.1 Å². The van der Waals surface area contributed by atoms with Gasteiger partial charge in [-0.25, -0.2) is 4.79 Å². The average molecular weight is 473 g/mol. The summed E-state index contributed by atoms with van der Waals surface area (Å²) in [7, 11) is 0. The van der Waals surface area contributed by atoms with Crippen LogP contribution in [0.15, 0.2) is 4.99 Å². The Labute approximate surface area is 192 Å². The van der Waals surface area contributed by atoms with Crippen molar-refractivity contribution in [2.45, 2.75) is 64.1 Å². The number of aliphatic carboxylic acids is 1. The molecule has 0 radical (unpaired) electrons. The van der Waals surface area contributed by atoms with Crippen molar-refractivity contribution >= 4 is 35.6 Å². The molecule has 188 valence electrons. The van der Waals surface area contributed by atoms with Crippen molar-refractivity contribution in [3.63, 3.8) is 0 Å². The molecular weight excluding hydrogens is 436 g/mol. The first-order valence-corrected chi connectivity index (χ1v) is 10.5. The molecule has 0 aromatic rings. The fraction of sp³-hybridized carbons (Fsp3) is 0.684. The van der Waals surface area contributed by atoms with Crippen molar-refractivity contribution in [1.82, 2.24) is 16.0 Å². The molecule has 0 saturated heterocycles. The highest BCUT2D eigenvalue weighted by Crippen LogP contribution is 2.04. The summed E-state index contributed by atoms with van der Waals surface area (Å²) in [6.07, 6.45) is 0.339. The fourth-order valence-electron chi connectivity index (χ4n) is 2.75. The van der Waals surface area contributed by atoms with Crippen LogP contribution in [0.5, 0.6) is 0 Å². The van der Waals surface area contributed by atoms with E-state index in [0.29, 0.717) is 6.42 Å². The molecular formula is C19H36N8O6. The summed E-state index contributed by atoms with van der Waals surface area (Å²) in [6, 6.07) is -3.30. The third-order valence-electron chi connectivity index (χ3n) is 4.38. The van der Waals surface area contributed by atoms with Crippen LogP contribution in [0.1, 0.15) is 46.0 Å². The van der Waals surface area contributed by atoms with Gasteiger partial charge in [-0.3, -0.25) is 24.2 Å². The highest BCUT2D eigenvalue weighted by molar-refractivity contribution is 5.92. The molecule has 3 atom stereocenters. The minimum atomic E-state index is -1.29. The van der Waals surface area contributed by atoms with E-state index in [2.05, 4.69) is 20.9 Å². The van der Waals surface area contributed by atoms with E-state index in [1.807, 2.05) is 13.8 Å². The molecule has 0 rings (SSSR count). The number of hydrogen-bond acceptors (Lipinski definition) is 7. The van der Waals surface area contributed by atoms with E-state index >= 15 is 0 Å². The van der Waals surface area contributed by atoms with Crippen LogP contribution in [0.4, 0.5) is 0 Å². The molecule has 0 heterocycles. The molecule has 3 unspecified atom stereocenters. The maximum Gasteiger partial charge on any atom is 0.326 e. The predicted molar refractivity (Wildman–Crippen MR) is 120 cm³/mol. The van der Waals surface area contributed by atoms with Crippen LogP contribution in [0.25, 0.3) is 0 Å². The lowest BCUT2D eigenvalue weighted by molar-refractivity contribution is -0.142. The standard InChI is InChI=1S/C19H36N8O6/c1-10(2)8-11(20)16(30)25-9-15(29)26-12(5-6-14(21)28)17(31)27-13(18(32)33)4-3-7-24-19(22)23/h10-13H,3-9,20H2,1-2H3,(H2,21,28)(H,25,30)(H,26,29)(H,27,31)(H,32,33)(H4,22,23,24). The Morgan fingerprint density at radius 3 is 2.09 bits per heavy atom. The van der Waals surface area contributed by atoms with Crippen molar-refractivity contribution in [1.29, 1.82) is 0 Å². The number of hydrogen-bond donors (Lipinski definition) is 8. The minimum Gasteiger partial charge on any atom is -0.480 e. The van der Waals surface area contributed by atoms with Gasteiger partial charge in [-0.1, -0.05) is 13.8 Å². The molecule has 0 fully saturated rings. The van der Waals surface area contributed by atoms with Crippen LogP contribution in [0.3, 0.4) is 0 Å². The number of primary amides is 1. The first-order chi connectivity index (χ1) is 15.3. The van der Waals surface area contributed by atoms with Gasteiger partial charge in [-0.05, 0) is 31.6 Å². The Morgan fingerprint density at radius 2 is 1.58 bits per heavy atom. The molecule has 0 saturated carbocycles. The molecule has 0 aliphatic heterocycles. The number of carboxylic acids is 1. The van der Waals surface area contributed by atoms with E-state index in [1.54, 1.807) is 0 Å². The Morgan fingerprint density at radius 1 is 0.939 bits per heavy atom. The van der Waals surface area contributed by atoms with Crippen LogP contribution in [-0.2, 0) is 24.0 Å². The van der Waals surface area contributed by atoms with Gasteiger partial charge in [0, 0.05) is 13.0 Å². The second-order valence-corrected chi connectivity index (χ2v) is 7.93. The summed E-state index contributed by atoms with van der Waals surface area (Å²) in [4.78, 5) is 63.1. The van der Waals surface area contributed by atoms with Crippen LogP contribution in [-0.4, -0.2) is 71.9 Å². The molecule has 0 spiro atoms. The highest BCUT2D eigenvalue weighted by Gasteiger charge is 2.27. The minimum absolute atomic E-state index is 0.0259. The summed E-state index contributed by atoms with van der Waals surface area (Å²) in [6.45, 7) is 3.51. The van der Waals surface area contributed by atoms with Crippen LogP contribution >= 0.6 is 0 Å². The van der Waals surface area contributed by atoms with Crippen LogP contribution < -0.4 is 38.9 Å².